The quantitative estimate of drug-likeness (QED) is 0.603. The molecule has 2 fully saturated rings. The molecule has 0 saturated carbocycles. The van der Waals surface area contributed by atoms with Crippen LogP contribution in [0.3, 0.4) is 0 Å². The summed E-state index contributed by atoms with van der Waals surface area (Å²) in [4.78, 5) is 2.33. The molecule has 0 spiro atoms. The van der Waals surface area contributed by atoms with Crippen molar-refractivity contribution in [1.29, 1.82) is 0 Å². The van der Waals surface area contributed by atoms with Gasteiger partial charge in [0.1, 0.15) is 6.67 Å². The van der Waals surface area contributed by atoms with E-state index < -0.39 is 5.54 Å². The lowest BCUT2D eigenvalue weighted by atomic mass is 9.91. The fourth-order valence-corrected chi connectivity index (χ4v) is 2.42. The van der Waals surface area contributed by atoms with Crippen molar-refractivity contribution in [2.24, 2.45) is 5.73 Å². The van der Waals surface area contributed by atoms with Crippen molar-refractivity contribution >= 4 is 0 Å². The van der Waals surface area contributed by atoms with E-state index in [1.54, 1.807) is 0 Å². The van der Waals surface area contributed by atoms with Gasteiger partial charge in [-0.1, -0.05) is 0 Å². The standard InChI is InChI=1S/C8H15FN2/c9-6-8(10)3-5-11-4-1-2-7(8)11/h7H,1-6,10H2. The lowest BCUT2D eigenvalue weighted by Crippen LogP contribution is -2.51. The van der Waals surface area contributed by atoms with Crippen LogP contribution in [0.15, 0.2) is 0 Å². The van der Waals surface area contributed by atoms with Crippen LogP contribution in [0, 0.1) is 0 Å². The number of hydrogen-bond acceptors (Lipinski definition) is 2. The minimum atomic E-state index is -0.503. The number of nitrogens with two attached hydrogens (primary N) is 1. The van der Waals surface area contributed by atoms with Gasteiger partial charge < -0.3 is 5.73 Å². The molecule has 3 heteroatoms. The Morgan fingerprint density at radius 2 is 2.36 bits per heavy atom. The lowest BCUT2D eigenvalue weighted by molar-refractivity contribution is 0.224. The van der Waals surface area contributed by atoms with Crippen LogP contribution in [0.2, 0.25) is 0 Å². The van der Waals surface area contributed by atoms with E-state index in [0.29, 0.717) is 6.04 Å². The highest BCUT2D eigenvalue weighted by atomic mass is 19.1. The first-order valence-electron chi connectivity index (χ1n) is 4.35. The van der Waals surface area contributed by atoms with E-state index in [1.807, 2.05) is 0 Å². The highest BCUT2D eigenvalue weighted by Crippen LogP contribution is 2.34. The molecule has 2 unspecified atom stereocenters. The second kappa shape index (κ2) is 2.42. The van der Waals surface area contributed by atoms with Crippen molar-refractivity contribution in [3.63, 3.8) is 0 Å². The summed E-state index contributed by atoms with van der Waals surface area (Å²) >= 11 is 0. The fourth-order valence-electron chi connectivity index (χ4n) is 2.42. The van der Waals surface area contributed by atoms with Crippen molar-refractivity contribution in [1.82, 2.24) is 4.90 Å². The minimum absolute atomic E-state index is 0.340. The summed E-state index contributed by atoms with van der Waals surface area (Å²) in [7, 11) is 0. The molecule has 0 amide bonds. The lowest BCUT2D eigenvalue weighted by Gasteiger charge is -2.27. The van der Waals surface area contributed by atoms with Crippen LogP contribution >= 0.6 is 0 Å². The molecule has 2 saturated heterocycles. The Hall–Kier alpha value is -0.150. The van der Waals surface area contributed by atoms with Gasteiger partial charge in [-0.2, -0.15) is 0 Å². The topological polar surface area (TPSA) is 29.3 Å². The first kappa shape index (κ1) is 7.50. The predicted molar refractivity (Wildman–Crippen MR) is 42.1 cm³/mol. The van der Waals surface area contributed by atoms with E-state index in [4.69, 9.17) is 5.73 Å². The smallest absolute Gasteiger partial charge is 0.109 e. The van der Waals surface area contributed by atoms with Crippen LogP contribution in [0.5, 0.6) is 0 Å². The van der Waals surface area contributed by atoms with Crippen molar-refractivity contribution in [2.45, 2.75) is 30.8 Å². The maximum atomic E-state index is 12.6. The van der Waals surface area contributed by atoms with E-state index in [1.165, 1.54) is 6.42 Å². The van der Waals surface area contributed by atoms with Crippen LogP contribution in [-0.2, 0) is 0 Å². The van der Waals surface area contributed by atoms with Gasteiger partial charge in [0.05, 0.1) is 5.54 Å². The molecule has 2 rings (SSSR count). The van der Waals surface area contributed by atoms with E-state index in [0.717, 1.165) is 25.9 Å². The van der Waals surface area contributed by atoms with Crippen molar-refractivity contribution in [3.8, 4) is 0 Å². The van der Waals surface area contributed by atoms with Gasteiger partial charge >= 0.3 is 0 Å². The monoisotopic (exact) mass is 158 g/mol. The third kappa shape index (κ3) is 0.983. The molecular weight excluding hydrogens is 143 g/mol. The molecule has 2 aliphatic heterocycles. The molecule has 11 heavy (non-hydrogen) atoms. The maximum absolute atomic E-state index is 12.6. The summed E-state index contributed by atoms with van der Waals surface area (Å²) in [6.45, 7) is 1.78. The SMILES string of the molecule is NC1(CF)CCN2CCCC21. The molecule has 0 bridgehead atoms. The Bertz CT molecular complexity index is 162. The van der Waals surface area contributed by atoms with Gasteiger partial charge in [-0.3, -0.25) is 4.90 Å². The average Bonchev–Trinajstić information content (AvgIpc) is 2.55. The van der Waals surface area contributed by atoms with Crippen LogP contribution in [0.1, 0.15) is 19.3 Å². The predicted octanol–water partition coefficient (Wildman–Crippen LogP) is 0.521. The summed E-state index contributed by atoms with van der Waals surface area (Å²) in [6, 6.07) is 0.340. The fraction of sp³-hybridized carbons (Fsp3) is 1.00. The number of nitrogens with zero attached hydrogens (tertiary/aromatic N) is 1. The van der Waals surface area contributed by atoms with E-state index in [9.17, 15) is 4.39 Å². The van der Waals surface area contributed by atoms with E-state index in [-0.39, 0.29) is 6.67 Å². The number of alkyl halides is 1. The molecule has 2 N–H and O–H groups in total. The number of halogens is 1. The van der Waals surface area contributed by atoms with Gasteiger partial charge in [-0.05, 0) is 25.8 Å². The minimum Gasteiger partial charge on any atom is -0.322 e. The zero-order chi connectivity index (χ0) is 7.90. The molecule has 0 aromatic carbocycles. The summed E-state index contributed by atoms with van der Waals surface area (Å²) in [5.41, 5.74) is 5.42. The van der Waals surface area contributed by atoms with E-state index in [2.05, 4.69) is 4.90 Å². The van der Waals surface area contributed by atoms with Gasteiger partial charge in [-0.15, -0.1) is 0 Å². The molecule has 0 aromatic heterocycles. The number of fused-ring (bicyclic) bond motifs is 1. The second-order valence-corrected chi connectivity index (χ2v) is 3.81. The molecule has 2 aliphatic rings. The zero-order valence-electron chi connectivity index (χ0n) is 6.72. The van der Waals surface area contributed by atoms with Crippen LogP contribution < -0.4 is 5.73 Å². The third-order valence-corrected chi connectivity index (χ3v) is 3.14. The molecule has 0 radical (unpaired) electrons. The van der Waals surface area contributed by atoms with Crippen LogP contribution in [0.4, 0.5) is 4.39 Å². The summed E-state index contributed by atoms with van der Waals surface area (Å²) in [5.74, 6) is 0. The Kier molecular flexibility index (Phi) is 1.65. The molecule has 0 aromatic rings. The number of hydrogen-bond donors (Lipinski definition) is 1. The Labute approximate surface area is 66.5 Å². The highest BCUT2D eigenvalue weighted by molar-refractivity contribution is 5.05. The van der Waals surface area contributed by atoms with Crippen LogP contribution in [0.25, 0.3) is 0 Å². The molecule has 2 atom stereocenters. The zero-order valence-corrected chi connectivity index (χ0v) is 6.72. The van der Waals surface area contributed by atoms with Crippen molar-refractivity contribution in [3.05, 3.63) is 0 Å². The Morgan fingerprint density at radius 3 is 3.09 bits per heavy atom. The summed E-state index contributed by atoms with van der Waals surface area (Å²) in [5, 5.41) is 0. The first-order chi connectivity index (χ1) is 5.26. The van der Waals surface area contributed by atoms with Gasteiger partial charge in [0.25, 0.3) is 0 Å². The number of rotatable bonds is 1. The molecule has 64 valence electrons. The molecule has 0 aliphatic carbocycles. The maximum Gasteiger partial charge on any atom is 0.109 e. The molecular formula is C8H15FN2. The molecule has 2 heterocycles. The van der Waals surface area contributed by atoms with Gasteiger partial charge in [0, 0.05) is 12.6 Å². The third-order valence-electron chi connectivity index (χ3n) is 3.14. The normalized spacial score (nSPS) is 44.7. The van der Waals surface area contributed by atoms with E-state index >= 15 is 0 Å². The first-order valence-corrected chi connectivity index (χ1v) is 4.35. The van der Waals surface area contributed by atoms with Gasteiger partial charge in [0.15, 0.2) is 0 Å². The highest BCUT2D eigenvalue weighted by Gasteiger charge is 2.46. The van der Waals surface area contributed by atoms with Crippen molar-refractivity contribution in [2.75, 3.05) is 19.8 Å². The van der Waals surface area contributed by atoms with Gasteiger partial charge in [0.2, 0.25) is 0 Å². The average molecular weight is 158 g/mol. The van der Waals surface area contributed by atoms with Gasteiger partial charge in [-0.25, -0.2) is 4.39 Å². The summed E-state index contributed by atoms with van der Waals surface area (Å²) in [6.07, 6.45) is 3.14. The second-order valence-electron chi connectivity index (χ2n) is 3.81. The Balaban J connectivity index is 2.14. The van der Waals surface area contributed by atoms with Crippen molar-refractivity contribution < 1.29 is 4.39 Å². The summed E-state index contributed by atoms with van der Waals surface area (Å²) < 4.78 is 12.6. The largest absolute Gasteiger partial charge is 0.322 e. The molecule has 2 nitrogen and oxygen atoms in total. The Morgan fingerprint density at radius 1 is 1.55 bits per heavy atom. The van der Waals surface area contributed by atoms with Crippen LogP contribution in [-0.4, -0.2) is 36.2 Å².